The van der Waals surface area contributed by atoms with Gasteiger partial charge in [-0.25, -0.2) is 4.98 Å². The van der Waals surface area contributed by atoms with Crippen molar-refractivity contribution in [3.63, 3.8) is 0 Å². The van der Waals surface area contributed by atoms with E-state index in [0.717, 1.165) is 25.3 Å². The Morgan fingerprint density at radius 2 is 2.06 bits per heavy atom. The molecule has 0 amide bonds. The average Bonchev–Trinajstić information content (AvgIpc) is 2.85. The Balaban J connectivity index is 2.06. The SMILES string of the molecule is CCN(Cc1cn(CCN)cn1)c1ccccc1. The van der Waals surface area contributed by atoms with E-state index in [0.29, 0.717) is 6.54 Å². The number of rotatable bonds is 6. The molecule has 2 rings (SSSR count). The van der Waals surface area contributed by atoms with Gasteiger partial charge in [-0.3, -0.25) is 0 Å². The largest absolute Gasteiger partial charge is 0.366 e. The van der Waals surface area contributed by atoms with Gasteiger partial charge < -0.3 is 15.2 Å². The Labute approximate surface area is 108 Å². The molecule has 0 saturated heterocycles. The summed E-state index contributed by atoms with van der Waals surface area (Å²) < 4.78 is 2.04. The van der Waals surface area contributed by atoms with Gasteiger partial charge in [-0.2, -0.15) is 0 Å². The van der Waals surface area contributed by atoms with Gasteiger partial charge in [0.2, 0.25) is 0 Å². The van der Waals surface area contributed by atoms with Crippen molar-refractivity contribution in [1.82, 2.24) is 9.55 Å². The third-order valence-corrected chi connectivity index (χ3v) is 2.93. The highest BCUT2D eigenvalue weighted by Crippen LogP contribution is 2.15. The Kier molecular flexibility index (Phi) is 4.36. The van der Waals surface area contributed by atoms with Gasteiger partial charge in [0.15, 0.2) is 0 Å². The van der Waals surface area contributed by atoms with Crippen molar-refractivity contribution in [1.29, 1.82) is 0 Å². The molecule has 1 aromatic carbocycles. The molecule has 0 aliphatic carbocycles. The van der Waals surface area contributed by atoms with E-state index in [4.69, 9.17) is 5.73 Å². The summed E-state index contributed by atoms with van der Waals surface area (Å²) in [5, 5.41) is 0. The molecular weight excluding hydrogens is 224 g/mol. The standard InChI is InChI=1S/C14H20N4/c1-2-18(14-6-4-3-5-7-14)11-13-10-17(9-8-15)12-16-13/h3-7,10,12H,2,8-9,11,15H2,1H3. The highest BCUT2D eigenvalue weighted by Gasteiger charge is 2.06. The highest BCUT2D eigenvalue weighted by atomic mass is 15.1. The number of nitrogens with zero attached hydrogens (tertiary/aromatic N) is 3. The summed E-state index contributed by atoms with van der Waals surface area (Å²) in [4.78, 5) is 6.71. The van der Waals surface area contributed by atoms with Gasteiger partial charge >= 0.3 is 0 Å². The summed E-state index contributed by atoms with van der Waals surface area (Å²) in [6.45, 7) is 5.42. The third-order valence-electron chi connectivity index (χ3n) is 2.93. The second-order valence-corrected chi connectivity index (χ2v) is 4.24. The van der Waals surface area contributed by atoms with Crippen molar-refractivity contribution in [2.24, 2.45) is 5.73 Å². The van der Waals surface area contributed by atoms with Crippen LogP contribution in [0.15, 0.2) is 42.9 Å². The minimum absolute atomic E-state index is 0.645. The highest BCUT2D eigenvalue weighted by molar-refractivity contribution is 5.45. The second-order valence-electron chi connectivity index (χ2n) is 4.24. The van der Waals surface area contributed by atoms with Crippen LogP contribution in [0.2, 0.25) is 0 Å². The zero-order valence-corrected chi connectivity index (χ0v) is 10.8. The van der Waals surface area contributed by atoms with Crippen molar-refractivity contribution in [2.45, 2.75) is 20.0 Å². The van der Waals surface area contributed by atoms with Gasteiger partial charge in [-0.05, 0) is 19.1 Å². The smallest absolute Gasteiger partial charge is 0.0950 e. The second kappa shape index (κ2) is 6.21. The lowest BCUT2D eigenvalue weighted by Gasteiger charge is -2.21. The number of anilines is 1. The molecule has 18 heavy (non-hydrogen) atoms. The van der Waals surface area contributed by atoms with Gasteiger partial charge in [-0.1, -0.05) is 18.2 Å². The van der Waals surface area contributed by atoms with Gasteiger partial charge in [-0.15, -0.1) is 0 Å². The molecule has 0 fully saturated rings. The summed E-state index contributed by atoms with van der Waals surface area (Å²) >= 11 is 0. The average molecular weight is 244 g/mol. The van der Waals surface area contributed by atoms with Crippen LogP contribution in [0.3, 0.4) is 0 Å². The van der Waals surface area contributed by atoms with E-state index in [9.17, 15) is 0 Å². The maximum Gasteiger partial charge on any atom is 0.0950 e. The Bertz CT molecular complexity index is 464. The number of hydrogen-bond donors (Lipinski definition) is 1. The molecule has 0 unspecified atom stereocenters. The normalized spacial score (nSPS) is 10.6. The van der Waals surface area contributed by atoms with Crippen molar-refractivity contribution >= 4 is 5.69 Å². The third kappa shape index (κ3) is 3.11. The van der Waals surface area contributed by atoms with Crippen molar-refractivity contribution in [3.8, 4) is 0 Å². The summed E-state index contributed by atoms with van der Waals surface area (Å²) in [7, 11) is 0. The summed E-state index contributed by atoms with van der Waals surface area (Å²) in [6, 6.07) is 10.4. The summed E-state index contributed by atoms with van der Waals surface area (Å²) in [6.07, 6.45) is 3.92. The van der Waals surface area contributed by atoms with Crippen LogP contribution in [0.1, 0.15) is 12.6 Å². The summed E-state index contributed by atoms with van der Waals surface area (Å²) in [5.41, 5.74) is 7.84. The van der Waals surface area contributed by atoms with Gasteiger partial charge in [0.05, 0.1) is 18.6 Å². The minimum Gasteiger partial charge on any atom is -0.366 e. The molecule has 4 heteroatoms. The van der Waals surface area contributed by atoms with E-state index in [1.54, 1.807) is 0 Å². The predicted octanol–water partition coefficient (Wildman–Crippen LogP) is 1.87. The van der Waals surface area contributed by atoms with E-state index < -0.39 is 0 Å². The number of para-hydroxylation sites is 1. The van der Waals surface area contributed by atoms with Crippen LogP contribution in [-0.4, -0.2) is 22.6 Å². The van der Waals surface area contributed by atoms with Crippen LogP contribution in [-0.2, 0) is 13.1 Å². The predicted molar refractivity (Wildman–Crippen MR) is 74.4 cm³/mol. The molecule has 2 N–H and O–H groups in total. The Morgan fingerprint density at radius 1 is 1.28 bits per heavy atom. The Morgan fingerprint density at radius 3 is 2.72 bits per heavy atom. The lowest BCUT2D eigenvalue weighted by atomic mass is 10.2. The number of hydrogen-bond acceptors (Lipinski definition) is 3. The van der Waals surface area contributed by atoms with Gasteiger partial charge in [0.1, 0.15) is 0 Å². The number of benzene rings is 1. The van der Waals surface area contributed by atoms with Gasteiger partial charge in [0, 0.05) is 31.5 Å². The van der Waals surface area contributed by atoms with Crippen LogP contribution >= 0.6 is 0 Å². The number of aromatic nitrogens is 2. The fraction of sp³-hybridized carbons (Fsp3) is 0.357. The molecule has 0 aliphatic rings. The molecular formula is C14H20N4. The molecule has 0 atom stereocenters. The van der Waals surface area contributed by atoms with E-state index in [-0.39, 0.29) is 0 Å². The first kappa shape index (κ1) is 12.6. The van der Waals surface area contributed by atoms with Crippen molar-refractivity contribution in [3.05, 3.63) is 48.5 Å². The molecule has 0 aliphatic heterocycles. The first-order valence-electron chi connectivity index (χ1n) is 6.34. The fourth-order valence-corrected chi connectivity index (χ4v) is 1.98. The monoisotopic (exact) mass is 244 g/mol. The van der Waals surface area contributed by atoms with Crippen LogP contribution < -0.4 is 10.6 Å². The number of nitrogens with two attached hydrogens (primary N) is 1. The molecule has 4 nitrogen and oxygen atoms in total. The quantitative estimate of drug-likeness (QED) is 0.844. The van der Waals surface area contributed by atoms with Crippen molar-refractivity contribution < 1.29 is 0 Å². The number of imidazole rings is 1. The molecule has 2 aromatic rings. The summed E-state index contributed by atoms with van der Waals surface area (Å²) in [5.74, 6) is 0. The molecule has 96 valence electrons. The molecule has 1 heterocycles. The van der Waals surface area contributed by atoms with Crippen LogP contribution in [0.4, 0.5) is 5.69 Å². The van der Waals surface area contributed by atoms with E-state index in [1.165, 1.54) is 5.69 Å². The molecule has 1 aromatic heterocycles. The van der Waals surface area contributed by atoms with Crippen LogP contribution in [0.25, 0.3) is 0 Å². The van der Waals surface area contributed by atoms with E-state index in [1.807, 2.05) is 17.0 Å². The van der Waals surface area contributed by atoms with Gasteiger partial charge in [0.25, 0.3) is 0 Å². The van der Waals surface area contributed by atoms with Crippen LogP contribution in [0, 0.1) is 0 Å². The first-order chi connectivity index (χ1) is 8.83. The fourth-order valence-electron chi connectivity index (χ4n) is 1.98. The lowest BCUT2D eigenvalue weighted by Crippen LogP contribution is -2.22. The first-order valence-corrected chi connectivity index (χ1v) is 6.34. The Hall–Kier alpha value is -1.81. The molecule has 0 saturated carbocycles. The maximum atomic E-state index is 5.53. The topological polar surface area (TPSA) is 47.1 Å². The zero-order chi connectivity index (χ0) is 12.8. The maximum absolute atomic E-state index is 5.53. The zero-order valence-electron chi connectivity index (χ0n) is 10.8. The molecule has 0 spiro atoms. The molecule has 0 bridgehead atoms. The lowest BCUT2D eigenvalue weighted by molar-refractivity contribution is 0.706. The minimum atomic E-state index is 0.645. The van der Waals surface area contributed by atoms with E-state index >= 15 is 0 Å². The van der Waals surface area contributed by atoms with E-state index in [2.05, 4.69) is 47.3 Å². The molecule has 0 radical (unpaired) electrons. The van der Waals surface area contributed by atoms with Crippen molar-refractivity contribution in [2.75, 3.05) is 18.0 Å². The van der Waals surface area contributed by atoms with Crippen LogP contribution in [0.5, 0.6) is 0 Å².